The molecule has 0 aliphatic rings. The molecule has 0 atom stereocenters. The van der Waals surface area contributed by atoms with Crippen LogP contribution in [0.4, 0.5) is 0 Å². The molecule has 0 spiro atoms. The van der Waals surface area contributed by atoms with Crippen LogP contribution in [0.5, 0.6) is 11.5 Å². The normalized spacial score (nSPS) is 11.4. The molecule has 8 rings (SSSR count). The van der Waals surface area contributed by atoms with E-state index in [2.05, 4.69) is 45.7 Å². The number of methoxy groups -OCH3 is 2. The van der Waals surface area contributed by atoms with Gasteiger partial charge >= 0.3 is 5.97 Å². The SMILES string of the molecule is CNCc1ccc(-c2cn3ccccc3n2)cc1.COc1cc(C)c(S(=O)(=O)N(C)CCOCC(=O)N(C)Cc2ccc(-c3cn4ccccc4n3)cc2)c(C)c1.COc1cc(C)c(S(=O)(=O)N(C)CCOCC(=O)O)c(C)c1.Cl. The van der Waals surface area contributed by atoms with Crippen molar-refractivity contribution >= 4 is 55.6 Å². The number of amides is 1. The Balaban J connectivity index is 0.000000242. The Morgan fingerprint density at radius 3 is 1.38 bits per heavy atom. The maximum Gasteiger partial charge on any atom is 0.329 e. The van der Waals surface area contributed by atoms with E-state index in [1.165, 1.54) is 31.1 Å². The first-order valence-electron chi connectivity index (χ1n) is 25.2. The average Bonchev–Trinajstić information content (AvgIpc) is 4.15. The quantitative estimate of drug-likeness (QED) is 0.0614. The number of ether oxygens (including phenoxy) is 4. The third-order valence-corrected chi connectivity index (χ3v) is 17.0. The second-order valence-electron chi connectivity index (χ2n) is 18.7. The Labute approximate surface area is 475 Å². The van der Waals surface area contributed by atoms with Gasteiger partial charge in [0.05, 0.1) is 48.6 Å². The number of carbonyl (C=O) groups excluding carboxylic acids is 1. The van der Waals surface area contributed by atoms with Gasteiger partial charge in [-0.15, -0.1) is 12.4 Å². The minimum absolute atomic E-state index is 0. The van der Waals surface area contributed by atoms with Gasteiger partial charge in [-0.05, 0) is 117 Å². The lowest BCUT2D eigenvalue weighted by molar-refractivity contribution is -0.142. The smallest absolute Gasteiger partial charge is 0.329 e. The zero-order valence-electron chi connectivity index (χ0n) is 46.7. The first-order chi connectivity index (χ1) is 37.7. The minimum atomic E-state index is -3.72. The van der Waals surface area contributed by atoms with Crippen LogP contribution < -0.4 is 14.8 Å². The molecule has 1 amide bonds. The van der Waals surface area contributed by atoms with Gasteiger partial charge in [0.15, 0.2) is 0 Å². The lowest BCUT2D eigenvalue weighted by Crippen LogP contribution is -2.33. The number of carboxylic acid groups (broad SMARTS) is 1. The summed E-state index contributed by atoms with van der Waals surface area (Å²) in [6.07, 6.45) is 8.02. The zero-order valence-corrected chi connectivity index (χ0v) is 49.2. The molecule has 19 nitrogen and oxygen atoms in total. The molecule has 0 saturated heterocycles. The topological polar surface area (TPSA) is 216 Å². The molecule has 2 N–H and O–H groups in total. The van der Waals surface area contributed by atoms with Crippen LogP contribution in [0.25, 0.3) is 33.8 Å². The second kappa shape index (κ2) is 29.3. The van der Waals surface area contributed by atoms with E-state index in [1.807, 2.05) is 95.1 Å². The summed E-state index contributed by atoms with van der Waals surface area (Å²) in [7, 11) is 2.28. The third-order valence-electron chi connectivity index (χ3n) is 12.7. The molecule has 0 aliphatic carbocycles. The number of hydrogen-bond donors (Lipinski definition) is 2. The minimum Gasteiger partial charge on any atom is -0.497 e. The van der Waals surface area contributed by atoms with Gasteiger partial charge in [0, 0.05) is 83.2 Å². The van der Waals surface area contributed by atoms with Crippen molar-refractivity contribution in [1.82, 2.24) is 37.6 Å². The fraction of sp³-hybridized carbons (Fsp3) is 0.310. The van der Waals surface area contributed by atoms with Crippen molar-refractivity contribution < 1.29 is 50.5 Å². The van der Waals surface area contributed by atoms with E-state index in [1.54, 1.807) is 71.0 Å². The summed E-state index contributed by atoms with van der Waals surface area (Å²) in [5.41, 5.74) is 10.6. The number of imidazole rings is 2. The first kappa shape index (κ1) is 63.6. The number of rotatable bonds is 22. The number of likely N-dealkylation sites (N-methyl/N-ethyl adjacent to an activating group) is 3. The molecule has 22 heteroatoms. The van der Waals surface area contributed by atoms with Gasteiger partial charge in [-0.1, -0.05) is 60.7 Å². The fourth-order valence-electron chi connectivity index (χ4n) is 8.53. The van der Waals surface area contributed by atoms with Crippen LogP contribution >= 0.6 is 12.4 Å². The van der Waals surface area contributed by atoms with Crippen molar-refractivity contribution in [3.63, 3.8) is 0 Å². The van der Waals surface area contributed by atoms with Crippen molar-refractivity contribution in [2.75, 3.05) is 81.9 Å². The molecule has 0 aliphatic heterocycles. The molecule has 0 radical (unpaired) electrons. The van der Waals surface area contributed by atoms with E-state index in [4.69, 9.17) is 24.1 Å². The van der Waals surface area contributed by atoms with E-state index in [0.29, 0.717) is 40.3 Å². The highest BCUT2D eigenvalue weighted by Gasteiger charge is 2.27. The van der Waals surface area contributed by atoms with Gasteiger partial charge < -0.3 is 43.1 Å². The van der Waals surface area contributed by atoms with Gasteiger partial charge in [0.25, 0.3) is 0 Å². The molecule has 4 aromatic carbocycles. The maximum absolute atomic E-state index is 13.1. The van der Waals surface area contributed by atoms with Crippen molar-refractivity contribution in [2.24, 2.45) is 0 Å². The summed E-state index contributed by atoms with van der Waals surface area (Å²) in [5, 5.41) is 11.6. The number of carbonyl (C=O) groups is 2. The first-order valence-corrected chi connectivity index (χ1v) is 28.1. The van der Waals surface area contributed by atoms with Gasteiger partial charge in [-0.2, -0.15) is 8.61 Å². The molecule has 8 aromatic rings. The van der Waals surface area contributed by atoms with Gasteiger partial charge in [-0.25, -0.2) is 31.6 Å². The number of aromatic nitrogens is 4. The molecule has 0 bridgehead atoms. The second-order valence-corrected chi connectivity index (χ2v) is 22.7. The number of hydrogen-bond acceptors (Lipinski definition) is 13. The summed E-state index contributed by atoms with van der Waals surface area (Å²) in [4.78, 5) is 34.3. The highest BCUT2D eigenvalue weighted by molar-refractivity contribution is 7.89. The molecular formula is C58H71ClN8O11S2. The monoisotopic (exact) mass is 1150 g/mol. The average molecular weight is 1160 g/mol. The zero-order chi connectivity index (χ0) is 57.4. The summed E-state index contributed by atoms with van der Waals surface area (Å²) < 4.78 is 78.6. The molecule has 428 valence electrons. The predicted molar refractivity (Wildman–Crippen MR) is 312 cm³/mol. The summed E-state index contributed by atoms with van der Waals surface area (Å²) >= 11 is 0. The molecule has 4 aromatic heterocycles. The van der Waals surface area contributed by atoms with Gasteiger partial charge in [-0.3, -0.25) is 4.79 Å². The van der Waals surface area contributed by atoms with Crippen molar-refractivity contribution in [2.45, 2.75) is 50.6 Å². The summed E-state index contributed by atoms with van der Waals surface area (Å²) in [6.45, 7) is 7.93. The van der Waals surface area contributed by atoms with Crippen molar-refractivity contribution in [3.8, 4) is 34.0 Å². The summed E-state index contributed by atoms with van der Waals surface area (Å²) in [6, 6.07) is 35.1. The molecule has 0 saturated carbocycles. The molecule has 4 heterocycles. The highest BCUT2D eigenvalue weighted by atomic mass is 35.5. The van der Waals surface area contributed by atoms with E-state index < -0.39 is 32.6 Å². The van der Waals surface area contributed by atoms with Gasteiger partial charge in [0.2, 0.25) is 26.0 Å². The van der Waals surface area contributed by atoms with E-state index in [-0.39, 0.29) is 61.0 Å². The highest BCUT2D eigenvalue weighted by Crippen LogP contribution is 2.29. The number of aryl methyl sites for hydroxylation is 4. The number of sulfonamides is 2. The van der Waals surface area contributed by atoms with E-state index in [9.17, 15) is 26.4 Å². The Morgan fingerprint density at radius 1 is 0.600 bits per heavy atom. The van der Waals surface area contributed by atoms with E-state index in [0.717, 1.165) is 50.2 Å². The Morgan fingerprint density at radius 2 is 1.00 bits per heavy atom. The number of aliphatic carboxylic acids is 1. The van der Waals surface area contributed by atoms with Crippen molar-refractivity contribution in [3.05, 3.63) is 167 Å². The number of carboxylic acids is 1. The van der Waals surface area contributed by atoms with Crippen LogP contribution in [0.3, 0.4) is 0 Å². The van der Waals surface area contributed by atoms with Crippen LogP contribution in [-0.4, -0.2) is 148 Å². The fourth-order valence-corrected chi connectivity index (χ4v) is 11.6. The van der Waals surface area contributed by atoms with Crippen LogP contribution in [-0.2, 0) is 52.2 Å². The number of nitrogens with one attached hydrogen (secondary N) is 1. The number of halogens is 1. The van der Waals surface area contributed by atoms with E-state index >= 15 is 0 Å². The predicted octanol–water partition coefficient (Wildman–Crippen LogP) is 8.10. The lowest BCUT2D eigenvalue weighted by atomic mass is 10.1. The Bertz CT molecular complexity index is 3460. The number of nitrogens with zero attached hydrogens (tertiary/aromatic N) is 7. The molecular weight excluding hydrogens is 1080 g/mol. The van der Waals surface area contributed by atoms with Crippen LogP contribution in [0, 0.1) is 27.7 Å². The molecule has 0 fully saturated rings. The standard InChI is InChI=1S/C29H34N4O5S.C15H15N3.C14H21NO6S.ClH/c1-21-16-25(37-5)17-22(2)29(21)39(35,36)32(4)14-15-38-20-28(34)31(3)18-23-9-11-24(12-10-23)26-19-33-13-7-6-8-27(33)30-26;1-16-10-12-5-7-13(8-6-12)14-11-18-9-3-2-4-15(18)17-14;1-10-7-12(20-4)8-11(2)14(10)22(18,19)15(3)5-6-21-9-13(16)17;/h6-13,16-17,19H,14-15,18,20H2,1-5H3;2-9,11,16H,10H2,1H3;7-8H,5-6,9H2,1-4H3,(H,16,17);1H. The van der Waals surface area contributed by atoms with Crippen molar-refractivity contribution in [1.29, 1.82) is 0 Å². The summed E-state index contributed by atoms with van der Waals surface area (Å²) in [5.74, 6) is -0.0687. The third kappa shape index (κ3) is 16.7. The number of fused-ring (bicyclic) bond motifs is 2. The van der Waals surface area contributed by atoms with Gasteiger partial charge in [0.1, 0.15) is 36.0 Å². The molecule has 80 heavy (non-hydrogen) atoms. The number of benzene rings is 4. The molecule has 0 unspecified atom stereocenters. The van der Waals surface area contributed by atoms with Crippen LogP contribution in [0.2, 0.25) is 0 Å². The Hall–Kier alpha value is -7.21. The largest absolute Gasteiger partial charge is 0.497 e. The Kier molecular flexibility index (Phi) is 23.3. The van der Waals surface area contributed by atoms with Crippen LogP contribution in [0.1, 0.15) is 33.4 Å². The number of pyridine rings is 2. The maximum atomic E-state index is 13.1. The van der Waals surface area contributed by atoms with Crippen LogP contribution in [0.15, 0.2) is 144 Å². The lowest BCUT2D eigenvalue weighted by Gasteiger charge is -2.21.